The molecule has 0 aromatic heterocycles. The van der Waals surface area contributed by atoms with Gasteiger partial charge >= 0.3 is 0 Å². The van der Waals surface area contributed by atoms with Gasteiger partial charge in [-0.1, -0.05) is 38.8 Å². The second kappa shape index (κ2) is 8.49. The Balaban J connectivity index is 2.12. The summed E-state index contributed by atoms with van der Waals surface area (Å²) < 4.78 is 5.35. The van der Waals surface area contributed by atoms with Gasteiger partial charge in [0.05, 0.1) is 18.7 Å². The summed E-state index contributed by atoms with van der Waals surface area (Å²) in [4.78, 5) is 14.9. The molecule has 5 nitrogen and oxygen atoms in total. The van der Waals surface area contributed by atoms with E-state index in [1.54, 1.807) is 7.11 Å². The number of rotatable bonds is 8. The van der Waals surface area contributed by atoms with Crippen LogP contribution < -0.4 is 15.8 Å². The molecule has 0 spiro atoms. The van der Waals surface area contributed by atoms with Crippen LogP contribution in [0.25, 0.3) is 0 Å². The first kappa shape index (κ1) is 18.7. The van der Waals surface area contributed by atoms with Gasteiger partial charge in [-0.25, -0.2) is 0 Å². The first-order valence-corrected chi connectivity index (χ1v) is 8.99. The zero-order chi connectivity index (χ0) is 17.6. The SMILES string of the molecule is CCN(CC)C(CNC(=O)C1(N)CCCC1)c1cccc(OC)c1. The van der Waals surface area contributed by atoms with E-state index in [1.807, 2.05) is 18.2 Å². The molecule has 0 aliphatic heterocycles. The average molecular weight is 333 g/mol. The molecule has 1 aromatic carbocycles. The van der Waals surface area contributed by atoms with Crippen molar-refractivity contribution in [3.8, 4) is 5.75 Å². The minimum Gasteiger partial charge on any atom is -0.497 e. The van der Waals surface area contributed by atoms with E-state index >= 15 is 0 Å². The Hall–Kier alpha value is -1.59. The number of carbonyl (C=O) groups is 1. The van der Waals surface area contributed by atoms with Gasteiger partial charge in [0.2, 0.25) is 5.91 Å². The normalized spacial score (nSPS) is 17.7. The largest absolute Gasteiger partial charge is 0.497 e. The van der Waals surface area contributed by atoms with E-state index in [9.17, 15) is 4.79 Å². The lowest BCUT2D eigenvalue weighted by Gasteiger charge is -2.32. The third-order valence-electron chi connectivity index (χ3n) is 5.14. The molecule has 134 valence electrons. The Morgan fingerprint density at radius 1 is 1.33 bits per heavy atom. The summed E-state index contributed by atoms with van der Waals surface area (Å²) in [5, 5.41) is 3.10. The van der Waals surface area contributed by atoms with Crippen LogP contribution in [0.1, 0.15) is 51.1 Å². The topological polar surface area (TPSA) is 67.6 Å². The molecule has 0 heterocycles. The van der Waals surface area contributed by atoms with Crippen molar-refractivity contribution < 1.29 is 9.53 Å². The molecule has 2 rings (SSSR count). The fraction of sp³-hybridized carbons (Fsp3) is 0.632. The van der Waals surface area contributed by atoms with Crippen LogP contribution in [0, 0.1) is 0 Å². The molecule has 1 atom stereocenters. The summed E-state index contributed by atoms with van der Waals surface area (Å²) in [6.07, 6.45) is 3.65. The molecule has 0 saturated heterocycles. The van der Waals surface area contributed by atoms with Gasteiger partial charge in [0, 0.05) is 6.54 Å². The number of nitrogens with two attached hydrogens (primary N) is 1. The highest BCUT2D eigenvalue weighted by atomic mass is 16.5. The smallest absolute Gasteiger partial charge is 0.240 e. The van der Waals surface area contributed by atoms with Crippen LogP contribution in [-0.4, -0.2) is 43.1 Å². The van der Waals surface area contributed by atoms with Crippen molar-refractivity contribution in [3.05, 3.63) is 29.8 Å². The number of nitrogens with one attached hydrogen (secondary N) is 1. The Morgan fingerprint density at radius 2 is 2.00 bits per heavy atom. The highest BCUT2D eigenvalue weighted by Gasteiger charge is 2.37. The minimum atomic E-state index is -0.678. The fourth-order valence-electron chi connectivity index (χ4n) is 3.57. The molecule has 1 aromatic rings. The molecule has 0 bridgehead atoms. The zero-order valence-electron chi connectivity index (χ0n) is 15.2. The van der Waals surface area contributed by atoms with Gasteiger partial charge in [-0.15, -0.1) is 0 Å². The zero-order valence-corrected chi connectivity index (χ0v) is 15.2. The van der Waals surface area contributed by atoms with E-state index < -0.39 is 5.54 Å². The number of carbonyl (C=O) groups excluding carboxylic acids is 1. The molecule has 5 heteroatoms. The third-order valence-corrected chi connectivity index (χ3v) is 5.14. The van der Waals surface area contributed by atoms with E-state index in [4.69, 9.17) is 10.5 Å². The maximum atomic E-state index is 12.5. The monoisotopic (exact) mass is 333 g/mol. The standard InChI is InChI=1S/C19H31N3O2/c1-4-22(5-2)17(15-9-8-10-16(13-15)24-3)14-21-18(23)19(20)11-6-7-12-19/h8-10,13,17H,4-7,11-12,14,20H2,1-3H3,(H,21,23). The number of amides is 1. The Kier molecular flexibility index (Phi) is 6.63. The summed E-state index contributed by atoms with van der Waals surface area (Å²) in [5.74, 6) is 0.821. The van der Waals surface area contributed by atoms with Gasteiger partial charge in [-0.2, -0.15) is 0 Å². The van der Waals surface area contributed by atoms with Crippen molar-refractivity contribution in [2.24, 2.45) is 5.73 Å². The number of nitrogens with zero attached hydrogens (tertiary/aromatic N) is 1. The van der Waals surface area contributed by atoms with Crippen LogP contribution in [0.2, 0.25) is 0 Å². The Morgan fingerprint density at radius 3 is 2.58 bits per heavy atom. The molecule has 24 heavy (non-hydrogen) atoms. The Bertz CT molecular complexity index is 537. The first-order valence-electron chi connectivity index (χ1n) is 8.99. The van der Waals surface area contributed by atoms with E-state index in [1.165, 1.54) is 0 Å². The molecule has 0 radical (unpaired) electrons. The van der Waals surface area contributed by atoms with E-state index in [0.29, 0.717) is 6.54 Å². The van der Waals surface area contributed by atoms with Gasteiger partial charge in [0.1, 0.15) is 5.75 Å². The number of ether oxygens (including phenoxy) is 1. The number of hydrogen-bond donors (Lipinski definition) is 2. The summed E-state index contributed by atoms with van der Waals surface area (Å²) in [7, 11) is 1.67. The van der Waals surface area contributed by atoms with Gasteiger partial charge in [-0.05, 0) is 43.6 Å². The molecular weight excluding hydrogens is 302 g/mol. The van der Waals surface area contributed by atoms with Gasteiger partial charge in [-0.3, -0.25) is 9.69 Å². The van der Waals surface area contributed by atoms with Crippen molar-refractivity contribution >= 4 is 5.91 Å². The summed E-state index contributed by atoms with van der Waals surface area (Å²) in [6.45, 7) is 6.68. The molecule has 3 N–H and O–H groups in total. The number of benzene rings is 1. The van der Waals surface area contributed by atoms with Crippen LogP contribution in [-0.2, 0) is 4.79 Å². The lowest BCUT2D eigenvalue weighted by Crippen LogP contribution is -2.53. The number of likely N-dealkylation sites (N-methyl/N-ethyl adjacent to an activating group) is 1. The average Bonchev–Trinajstić information content (AvgIpc) is 3.06. The second-order valence-electron chi connectivity index (χ2n) is 6.59. The van der Waals surface area contributed by atoms with Crippen molar-refractivity contribution in [1.82, 2.24) is 10.2 Å². The van der Waals surface area contributed by atoms with Crippen LogP contribution in [0.3, 0.4) is 0 Å². The number of methoxy groups -OCH3 is 1. The van der Waals surface area contributed by atoms with Gasteiger partial charge in [0.15, 0.2) is 0 Å². The molecule has 1 saturated carbocycles. The lowest BCUT2D eigenvalue weighted by molar-refractivity contribution is -0.126. The van der Waals surface area contributed by atoms with Crippen LogP contribution in [0.5, 0.6) is 5.75 Å². The highest BCUT2D eigenvalue weighted by Crippen LogP contribution is 2.28. The lowest BCUT2D eigenvalue weighted by atomic mass is 9.97. The first-order chi connectivity index (χ1) is 11.5. The van der Waals surface area contributed by atoms with Gasteiger partial charge in [0.25, 0.3) is 0 Å². The molecule has 1 amide bonds. The molecule has 1 aliphatic rings. The van der Waals surface area contributed by atoms with E-state index in [-0.39, 0.29) is 11.9 Å². The van der Waals surface area contributed by atoms with Crippen molar-refractivity contribution in [2.75, 3.05) is 26.7 Å². The second-order valence-corrected chi connectivity index (χ2v) is 6.59. The third kappa shape index (κ3) is 4.28. The van der Waals surface area contributed by atoms with Crippen LogP contribution in [0.15, 0.2) is 24.3 Å². The maximum Gasteiger partial charge on any atom is 0.240 e. The predicted molar refractivity (Wildman–Crippen MR) is 97.1 cm³/mol. The quantitative estimate of drug-likeness (QED) is 0.767. The van der Waals surface area contributed by atoms with E-state index in [2.05, 4.69) is 30.1 Å². The fourth-order valence-corrected chi connectivity index (χ4v) is 3.57. The van der Waals surface area contributed by atoms with Crippen LogP contribution >= 0.6 is 0 Å². The van der Waals surface area contributed by atoms with Crippen molar-refractivity contribution in [3.63, 3.8) is 0 Å². The molecule has 1 fully saturated rings. The van der Waals surface area contributed by atoms with Crippen molar-refractivity contribution in [1.29, 1.82) is 0 Å². The molecule has 1 unspecified atom stereocenters. The van der Waals surface area contributed by atoms with Crippen LogP contribution in [0.4, 0.5) is 0 Å². The number of hydrogen-bond acceptors (Lipinski definition) is 4. The van der Waals surface area contributed by atoms with Crippen molar-refractivity contribution in [2.45, 2.75) is 51.1 Å². The Labute approximate surface area is 145 Å². The summed E-state index contributed by atoms with van der Waals surface area (Å²) in [6, 6.07) is 8.18. The predicted octanol–water partition coefficient (Wildman–Crippen LogP) is 2.47. The van der Waals surface area contributed by atoms with E-state index in [0.717, 1.165) is 50.1 Å². The van der Waals surface area contributed by atoms with Gasteiger partial charge < -0.3 is 15.8 Å². The highest BCUT2D eigenvalue weighted by molar-refractivity contribution is 5.86. The minimum absolute atomic E-state index is 0.0138. The molecular formula is C19H31N3O2. The molecule has 1 aliphatic carbocycles. The summed E-state index contributed by atoms with van der Waals surface area (Å²) in [5.41, 5.74) is 6.74. The summed E-state index contributed by atoms with van der Waals surface area (Å²) >= 11 is 0. The maximum absolute atomic E-state index is 12.5.